The van der Waals surface area contributed by atoms with Crippen molar-refractivity contribution in [2.24, 2.45) is 4.99 Å². The molecule has 1 amide bonds. The molecule has 3 aromatic rings. The highest BCUT2D eigenvalue weighted by Gasteiger charge is 2.31. The van der Waals surface area contributed by atoms with Crippen molar-refractivity contribution in [1.82, 2.24) is 4.57 Å². The van der Waals surface area contributed by atoms with Crippen molar-refractivity contribution < 1.29 is 32.6 Å². The van der Waals surface area contributed by atoms with Gasteiger partial charge in [-0.25, -0.2) is 4.79 Å². The Morgan fingerprint density at radius 2 is 1.93 bits per heavy atom. The first-order chi connectivity index (χ1) is 14.2. The van der Waals surface area contributed by atoms with Gasteiger partial charge >= 0.3 is 12.1 Å². The van der Waals surface area contributed by atoms with Crippen LogP contribution in [0.5, 0.6) is 5.75 Å². The molecule has 1 unspecified atom stereocenters. The highest BCUT2D eigenvalue weighted by Crippen LogP contribution is 2.31. The summed E-state index contributed by atoms with van der Waals surface area (Å²) >= 11 is 1.06. The molecule has 0 bridgehead atoms. The lowest BCUT2D eigenvalue weighted by molar-refractivity contribution is -0.141. The molecule has 158 valence electrons. The summed E-state index contributed by atoms with van der Waals surface area (Å²) in [5.74, 6) is -1.63. The molecule has 6 nitrogen and oxygen atoms in total. The van der Waals surface area contributed by atoms with Crippen LogP contribution < -0.4 is 9.54 Å². The van der Waals surface area contributed by atoms with Crippen LogP contribution in [0.2, 0.25) is 0 Å². The third-order valence-corrected chi connectivity index (χ3v) is 5.47. The first kappa shape index (κ1) is 21.6. The SMILES string of the molecule is CCC(C(=O)O)n1/c(=N/C(=O)c2cccc(C(F)(F)F)c2)sc2cccc(OC)c21. The van der Waals surface area contributed by atoms with Crippen molar-refractivity contribution in [3.63, 3.8) is 0 Å². The number of hydrogen-bond donors (Lipinski definition) is 1. The predicted octanol–water partition coefficient (Wildman–Crippen LogP) is 4.51. The van der Waals surface area contributed by atoms with Crippen molar-refractivity contribution >= 4 is 33.4 Å². The number of carboxylic acid groups (broad SMARTS) is 1. The number of ether oxygens (including phenoxy) is 1. The molecule has 0 fully saturated rings. The summed E-state index contributed by atoms with van der Waals surface area (Å²) in [6.07, 6.45) is -4.40. The summed E-state index contributed by atoms with van der Waals surface area (Å²) in [5, 5.41) is 9.66. The number of para-hydroxylation sites is 1. The van der Waals surface area contributed by atoms with Gasteiger partial charge in [0.2, 0.25) is 0 Å². The van der Waals surface area contributed by atoms with Crippen LogP contribution in [0.15, 0.2) is 47.5 Å². The molecule has 0 spiro atoms. The smallest absolute Gasteiger partial charge is 0.416 e. The van der Waals surface area contributed by atoms with Crippen LogP contribution in [-0.4, -0.2) is 28.7 Å². The summed E-state index contributed by atoms with van der Waals surface area (Å²) in [4.78, 5) is 28.5. The molecule has 10 heteroatoms. The van der Waals surface area contributed by atoms with Gasteiger partial charge in [0.25, 0.3) is 5.91 Å². The molecule has 30 heavy (non-hydrogen) atoms. The molecule has 3 rings (SSSR count). The predicted molar refractivity (Wildman–Crippen MR) is 105 cm³/mol. The highest BCUT2D eigenvalue weighted by atomic mass is 32.1. The fraction of sp³-hybridized carbons (Fsp3) is 0.250. The fourth-order valence-electron chi connectivity index (χ4n) is 3.04. The molecular weight excluding hydrogens is 421 g/mol. The molecule has 0 radical (unpaired) electrons. The number of fused-ring (bicyclic) bond motifs is 1. The Morgan fingerprint density at radius 1 is 1.23 bits per heavy atom. The average molecular weight is 438 g/mol. The van der Waals surface area contributed by atoms with E-state index in [0.29, 0.717) is 16.0 Å². The van der Waals surface area contributed by atoms with E-state index in [1.807, 2.05) is 0 Å². The highest BCUT2D eigenvalue weighted by molar-refractivity contribution is 7.16. The lowest BCUT2D eigenvalue weighted by Crippen LogP contribution is -2.27. The number of thiazole rings is 1. The van der Waals surface area contributed by atoms with E-state index in [1.54, 1.807) is 25.1 Å². The van der Waals surface area contributed by atoms with E-state index in [9.17, 15) is 27.9 Å². The van der Waals surface area contributed by atoms with E-state index < -0.39 is 29.7 Å². The van der Waals surface area contributed by atoms with Crippen molar-refractivity contribution in [3.05, 3.63) is 58.4 Å². The lowest BCUT2D eigenvalue weighted by Gasteiger charge is -2.15. The van der Waals surface area contributed by atoms with Gasteiger partial charge in [0, 0.05) is 5.56 Å². The standard InChI is InChI=1S/C20H17F3N2O4S/c1-3-13(18(27)28)25-16-14(29-2)8-5-9-15(16)30-19(25)24-17(26)11-6-4-7-12(10-11)20(21,22)23/h4-10,13H,3H2,1-2H3,(H,27,28)/b24-19-. The zero-order chi connectivity index (χ0) is 22.1. The van der Waals surface area contributed by atoms with E-state index in [0.717, 1.165) is 29.5 Å². The van der Waals surface area contributed by atoms with Crippen LogP contribution in [-0.2, 0) is 11.0 Å². The Kier molecular flexibility index (Phi) is 5.97. The number of rotatable bonds is 5. The van der Waals surface area contributed by atoms with Gasteiger partial charge in [0.15, 0.2) is 4.80 Å². The number of halogens is 3. The van der Waals surface area contributed by atoms with E-state index in [2.05, 4.69) is 4.99 Å². The molecule has 0 saturated heterocycles. The number of hydrogen-bond acceptors (Lipinski definition) is 4. The van der Waals surface area contributed by atoms with Crippen LogP contribution >= 0.6 is 11.3 Å². The second kappa shape index (κ2) is 8.31. The summed E-state index contributed by atoms with van der Waals surface area (Å²) in [5.41, 5.74) is -0.759. The number of amides is 1. The zero-order valence-electron chi connectivity index (χ0n) is 15.9. The minimum Gasteiger partial charge on any atom is -0.495 e. The van der Waals surface area contributed by atoms with Crippen LogP contribution in [0.1, 0.15) is 35.3 Å². The third-order valence-electron chi connectivity index (χ3n) is 4.45. The first-order valence-electron chi connectivity index (χ1n) is 8.84. The third kappa shape index (κ3) is 4.09. The minimum atomic E-state index is -4.60. The Hall–Kier alpha value is -3.14. The second-order valence-corrected chi connectivity index (χ2v) is 7.33. The van der Waals surface area contributed by atoms with Crippen molar-refractivity contribution in [3.8, 4) is 5.75 Å². The van der Waals surface area contributed by atoms with E-state index >= 15 is 0 Å². The molecule has 0 saturated carbocycles. The maximum absolute atomic E-state index is 13.0. The lowest BCUT2D eigenvalue weighted by atomic mass is 10.1. The van der Waals surface area contributed by atoms with Gasteiger partial charge in [-0.1, -0.05) is 30.4 Å². The van der Waals surface area contributed by atoms with E-state index in [1.165, 1.54) is 17.7 Å². The van der Waals surface area contributed by atoms with Gasteiger partial charge in [-0.15, -0.1) is 0 Å². The van der Waals surface area contributed by atoms with Crippen molar-refractivity contribution in [1.29, 1.82) is 0 Å². The number of methoxy groups -OCH3 is 1. The molecule has 1 heterocycles. The topological polar surface area (TPSA) is 80.9 Å². The van der Waals surface area contributed by atoms with Crippen LogP contribution in [0.4, 0.5) is 13.2 Å². The zero-order valence-corrected chi connectivity index (χ0v) is 16.8. The Balaban J connectivity index is 2.24. The number of alkyl halides is 3. The minimum absolute atomic E-state index is 0.0613. The number of carbonyl (C=O) groups is 2. The molecule has 1 atom stereocenters. The average Bonchev–Trinajstić information content (AvgIpc) is 3.05. The molecule has 0 aliphatic heterocycles. The number of aromatic nitrogens is 1. The largest absolute Gasteiger partial charge is 0.495 e. The monoisotopic (exact) mass is 438 g/mol. The quantitative estimate of drug-likeness (QED) is 0.636. The molecule has 0 aliphatic carbocycles. The maximum atomic E-state index is 13.0. The molecular formula is C20H17F3N2O4S. The first-order valence-corrected chi connectivity index (χ1v) is 9.66. The van der Waals surface area contributed by atoms with Gasteiger partial charge in [0.1, 0.15) is 17.3 Å². The van der Waals surface area contributed by atoms with Crippen molar-refractivity contribution in [2.75, 3.05) is 7.11 Å². The molecule has 1 N–H and O–H groups in total. The number of benzene rings is 2. The fourth-order valence-corrected chi connectivity index (χ4v) is 4.13. The van der Waals surface area contributed by atoms with Gasteiger partial charge in [-0.05, 0) is 36.8 Å². The Bertz CT molecular complexity index is 1180. The normalized spacial score (nSPS) is 13.4. The van der Waals surface area contributed by atoms with Crippen LogP contribution in [0.25, 0.3) is 10.2 Å². The van der Waals surface area contributed by atoms with E-state index in [-0.39, 0.29) is 16.8 Å². The number of carboxylic acids is 1. The number of aliphatic carboxylic acids is 1. The summed E-state index contributed by atoms with van der Waals surface area (Å²) < 4.78 is 46.2. The van der Waals surface area contributed by atoms with Gasteiger partial charge in [0.05, 0.1) is 17.4 Å². The van der Waals surface area contributed by atoms with E-state index in [4.69, 9.17) is 4.74 Å². The summed E-state index contributed by atoms with van der Waals surface area (Å²) in [6.45, 7) is 1.67. The maximum Gasteiger partial charge on any atom is 0.416 e. The Morgan fingerprint density at radius 3 is 2.53 bits per heavy atom. The number of carbonyl (C=O) groups excluding carboxylic acids is 1. The van der Waals surface area contributed by atoms with Crippen LogP contribution in [0.3, 0.4) is 0 Å². The van der Waals surface area contributed by atoms with Crippen molar-refractivity contribution in [2.45, 2.75) is 25.6 Å². The summed E-state index contributed by atoms with van der Waals surface area (Å²) in [6, 6.07) is 7.98. The Labute approximate surface area is 172 Å². The van der Waals surface area contributed by atoms with Gasteiger partial charge in [-0.3, -0.25) is 9.36 Å². The van der Waals surface area contributed by atoms with Crippen LogP contribution in [0, 0.1) is 0 Å². The molecule has 2 aromatic carbocycles. The second-order valence-electron chi connectivity index (χ2n) is 6.32. The molecule has 1 aromatic heterocycles. The van der Waals surface area contributed by atoms with Gasteiger partial charge in [-0.2, -0.15) is 18.2 Å². The summed E-state index contributed by atoms with van der Waals surface area (Å²) in [7, 11) is 1.43. The van der Waals surface area contributed by atoms with Gasteiger partial charge < -0.3 is 9.84 Å². The molecule has 0 aliphatic rings. The number of nitrogens with zero attached hydrogens (tertiary/aromatic N) is 2.